The Balaban J connectivity index is 2.34. The molecule has 1 fully saturated rings. The van der Waals surface area contributed by atoms with E-state index in [1.165, 1.54) is 0 Å². The molecule has 104 valence electrons. The van der Waals surface area contributed by atoms with Crippen LogP contribution in [0.15, 0.2) is 0 Å². The van der Waals surface area contributed by atoms with E-state index in [1.54, 1.807) is 0 Å². The Morgan fingerprint density at radius 2 is 2.17 bits per heavy atom. The average Bonchev–Trinajstić information content (AvgIpc) is 2.34. The molecule has 1 saturated heterocycles. The van der Waals surface area contributed by atoms with Gasteiger partial charge in [0.05, 0.1) is 5.92 Å². The van der Waals surface area contributed by atoms with Crippen LogP contribution in [0.5, 0.6) is 0 Å². The number of hydrogen-bond acceptors (Lipinski definition) is 3. The maximum absolute atomic E-state index is 12.0. The van der Waals surface area contributed by atoms with E-state index in [9.17, 15) is 9.59 Å². The Morgan fingerprint density at radius 3 is 2.72 bits per heavy atom. The van der Waals surface area contributed by atoms with Crippen molar-refractivity contribution in [1.82, 2.24) is 4.90 Å². The van der Waals surface area contributed by atoms with E-state index in [2.05, 4.69) is 0 Å². The van der Waals surface area contributed by atoms with Crippen molar-refractivity contribution in [2.45, 2.75) is 45.6 Å². The largest absolute Gasteiger partial charge is 0.481 e. The minimum Gasteiger partial charge on any atom is -0.481 e. The summed E-state index contributed by atoms with van der Waals surface area (Å²) in [5.41, 5.74) is 0. The number of carboxylic acid groups (broad SMARTS) is 1. The van der Waals surface area contributed by atoms with Crippen molar-refractivity contribution in [2.75, 3.05) is 19.8 Å². The lowest BCUT2D eigenvalue weighted by atomic mass is 9.91. The second kappa shape index (κ2) is 7.36. The van der Waals surface area contributed by atoms with Crippen LogP contribution in [0.3, 0.4) is 0 Å². The smallest absolute Gasteiger partial charge is 0.306 e. The number of carbonyl (C=O) groups excluding carboxylic acids is 1. The van der Waals surface area contributed by atoms with Crippen LogP contribution in [-0.4, -0.2) is 47.7 Å². The highest BCUT2D eigenvalue weighted by Crippen LogP contribution is 2.23. The van der Waals surface area contributed by atoms with E-state index in [0.717, 1.165) is 6.42 Å². The number of amides is 1. The van der Waals surface area contributed by atoms with Gasteiger partial charge in [0.2, 0.25) is 5.91 Å². The lowest BCUT2D eigenvalue weighted by Gasteiger charge is -2.36. The number of aliphatic carboxylic acids is 1. The van der Waals surface area contributed by atoms with E-state index in [1.807, 2.05) is 18.7 Å². The maximum Gasteiger partial charge on any atom is 0.306 e. The summed E-state index contributed by atoms with van der Waals surface area (Å²) in [5.74, 6) is -0.927. The molecule has 2 atom stereocenters. The van der Waals surface area contributed by atoms with Crippen LogP contribution in [0.4, 0.5) is 0 Å². The van der Waals surface area contributed by atoms with Gasteiger partial charge in [-0.3, -0.25) is 9.59 Å². The van der Waals surface area contributed by atoms with E-state index in [4.69, 9.17) is 9.84 Å². The Bertz CT molecular complexity index is 293. The van der Waals surface area contributed by atoms with Gasteiger partial charge in [-0.15, -0.1) is 0 Å². The third kappa shape index (κ3) is 4.29. The van der Waals surface area contributed by atoms with Gasteiger partial charge in [-0.05, 0) is 33.1 Å². The standard InChI is InChI=1S/C13H23NO4/c1-3-18-8-4-5-12(15)14-7-6-11(13(16)17)9-10(14)2/h10-11H,3-9H2,1-2H3,(H,16,17). The molecule has 0 spiro atoms. The number of hydrogen-bond donors (Lipinski definition) is 1. The summed E-state index contributed by atoms with van der Waals surface area (Å²) < 4.78 is 5.20. The van der Waals surface area contributed by atoms with Gasteiger partial charge in [-0.1, -0.05) is 0 Å². The first kappa shape index (κ1) is 15.0. The van der Waals surface area contributed by atoms with Gasteiger partial charge in [0.1, 0.15) is 0 Å². The first-order valence-electron chi connectivity index (χ1n) is 6.66. The van der Waals surface area contributed by atoms with Crippen molar-refractivity contribution in [1.29, 1.82) is 0 Å². The van der Waals surface area contributed by atoms with Crippen molar-refractivity contribution >= 4 is 11.9 Å². The van der Waals surface area contributed by atoms with Crippen LogP contribution < -0.4 is 0 Å². The summed E-state index contributed by atoms with van der Waals surface area (Å²) in [4.78, 5) is 24.7. The molecule has 5 nitrogen and oxygen atoms in total. The van der Waals surface area contributed by atoms with Gasteiger partial charge >= 0.3 is 5.97 Å². The minimum atomic E-state index is -0.745. The lowest BCUT2D eigenvalue weighted by Crippen LogP contribution is -2.46. The molecule has 1 aliphatic heterocycles. The molecule has 1 heterocycles. The molecule has 1 rings (SSSR count). The van der Waals surface area contributed by atoms with Crippen molar-refractivity contribution < 1.29 is 19.4 Å². The molecule has 2 unspecified atom stereocenters. The van der Waals surface area contributed by atoms with Gasteiger partial charge in [-0.2, -0.15) is 0 Å². The van der Waals surface area contributed by atoms with Crippen molar-refractivity contribution in [2.24, 2.45) is 5.92 Å². The van der Waals surface area contributed by atoms with Crippen LogP contribution in [0.1, 0.15) is 39.5 Å². The molecule has 0 aromatic heterocycles. The fraction of sp³-hybridized carbons (Fsp3) is 0.846. The minimum absolute atomic E-state index is 0.0273. The first-order valence-corrected chi connectivity index (χ1v) is 6.66. The van der Waals surface area contributed by atoms with Gasteiger partial charge in [0.15, 0.2) is 0 Å². The summed E-state index contributed by atoms with van der Waals surface area (Å²) in [6.07, 6.45) is 2.35. The van der Waals surface area contributed by atoms with Gasteiger partial charge in [-0.25, -0.2) is 0 Å². The van der Waals surface area contributed by atoms with Gasteiger partial charge in [0.25, 0.3) is 0 Å². The Hall–Kier alpha value is -1.10. The first-order chi connectivity index (χ1) is 8.56. The molecule has 0 aliphatic carbocycles. The Morgan fingerprint density at radius 1 is 1.44 bits per heavy atom. The Kier molecular flexibility index (Phi) is 6.12. The van der Waals surface area contributed by atoms with Crippen LogP contribution in [-0.2, 0) is 14.3 Å². The highest BCUT2D eigenvalue weighted by molar-refractivity contribution is 5.77. The third-order valence-corrected chi connectivity index (χ3v) is 3.43. The zero-order valence-corrected chi connectivity index (χ0v) is 11.2. The fourth-order valence-corrected chi connectivity index (χ4v) is 2.38. The van der Waals surface area contributed by atoms with E-state index >= 15 is 0 Å². The van der Waals surface area contributed by atoms with Crippen molar-refractivity contribution in [3.05, 3.63) is 0 Å². The predicted molar refractivity (Wildman–Crippen MR) is 67.3 cm³/mol. The van der Waals surface area contributed by atoms with E-state index < -0.39 is 5.97 Å². The molecule has 0 aromatic rings. The average molecular weight is 257 g/mol. The number of piperidine rings is 1. The number of likely N-dealkylation sites (tertiary alicyclic amines) is 1. The lowest BCUT2D eigenvalue weighted by molar-refractivity contribution is -0.147. The van der Waals surface area contributed by atoms with Crippen molar-refractivity contribution in [3.8, 4) is 0 Å². The fourth-order valence-electron chi connectivity index (χ4n) is 2.38. The predicted octanol–water partition coefficient (Wildman–Crippen LogP) is 1.51. The molecule has 1 amide bonds. The molecule has 1 N–H and O–H groups in total. The van der Waals surface area contributed by atoms with E-state index in [-0.39, 0.29) is 17.9 Å². The molecular weight excluding hydrogens is 234 g/mol. The third-order valence-electron chi connectivity index (χ3n) is 3.43. The highest BCUT2D eigenvalue weighted by atomic mass is 16.5. The zero-order valence-electron chi connectivity index (χ0n) is 11.2. The number of nitrogens with zero attached hydrogens (tertiary/aromatic N) is 1. The molecule has 5 heteroatoms. The quantitative estimate of drug-likeness (QED) is 0.732. The van der Waals surface area contributed by atoms with Crippen LogP contribution >= 0.6 is 0 Å². The number of carboxylic acids is 1. The number of rotatable bonds is 6. The molecular formula is C13H23NO4. The van der Waals surface area contributed by atoms with E-state index in [0.29, 0.717) is 39.0 Å². The topological polar surface area (TPSA) is 66.8 Å². The molecule has 0 bridgehead atoms. The normalized spacial score (nSPS) is 24.0. The molecule has 0 saturated carbocycles. The van der Waals surface area contributed by atoms with Crippen LogP contribution in [0.2, 0.25) is 0 Å². The Labute approximate surface area is 108 Å². The van der Waals surface area contributed by atoms with Gasteiger partial charge in [0, 0.05) is 32.2 Å². The second-order valence-electron chi connectivity index (χ2n) is 4.80. The monoisotopic (exact) mass is 257 g/mol. The molecule has 0 aromatic carbocycles. The summed E-state index contributed by atoms with van der Waals surface area (Å²) in [6.45, 7) is 5.71. The summed E-state index contributed by atoms with van der Waals surface area (Å²) in [7, 11) is 0. The molecule has 0 radical (unpaired) electrons. The SMILES string of the molecule is CCOCCCC(=O)N1CCC(C(=O)O)CC1C. The zero-order chi connectivity index (χ0) is 13.5. The molecule has 18 heavy (non-hydrogen) atoms. The van der Waals surface area contributed by atoms with Gasteiger partial charge < -0.3 is 14.7 Å². The van der Waals surface area contributed by atoms with Crippen LogP contribution in [0, 0.1) is 5.92 Å². The summed E-state index contributed by atoms with van der Waals surface area (Å²) in [5, 5.41) is 8.96. The summed E-state index contributed by atoms with van der Waals surface area (Å²) in [6, 6.07) is 0.0273. The number of ether oxygens (including phenoxy) is 1. The highest BCUT2D eigenvalue weighted by Gasteiger charge is 2.31. The second-order valence-corrected chi connectivity index (χ2v) is 4.80. The molecule has 1 aliphatic rings. The van der Waals surface area contributed by atoms with Crippen molar-refractivity contribution in [3.63, 3.8) is 0 Å². The number of carbonyl (C=O) groups is 2. The van der Waals surface area contributed by atoms with Crippen LogP contribution in [0.25, 0.3) is 0 Å². The maximum atomic E-state index is 12.0. The summed E-state index contributed by atoms with van der Waals surface area (Å²) >= 11 is 0.